The molecule has 1 aliphatic carbocycles. The summed E-state index contributed by atoms with van der Waals surface area (Å²) < 4.78 is 0. The van der Waals surface area contributed by atoms with E-state index in [0.29, 0.717) is 12.5 Å². The van der Waals surface area contributed by atoms with Crippen molar-refractivity contribution in [2.75, 3.05) is 13.1 Å². The quantitative estimate of drug-likeness (QED) is 0.910. The van der Waals surface area contributed by atoms with Gasteiger partial charge in [0.15, 0.2) is 0 Å². The third-order valence-corrected chi connectivity index (χ3v) is 6.19. The van der Waals surface area contributed by atoms with Crippen LogP contribution in [-0.4, -0.2) is 23.9 Å². The van der Waals surface area contributed by atoms with Crippen molar-refractivity contribution < 1.29 is 4.79 Å². The van der Waals surface area contributed by atoms with Crippen LogP contribution < -0.4 is 5.73 Å². The maximum absolute atomic E-state index is 13.1. The Labute approximate surface area is 125 Å². The predicted molar refractivity (Wildman–Crippen MR) is 82.7 cm³/mol. The van der Waals surface area contributed by atoms with E-state index in [1.54, 1.807) is 0 Å². The zero-order valence-electron chi connectivity index (χ0n) is 12.2. The Morgan fingerprint density at radius 3 is 2.90 bits per heavy atom. The minimum absolute atomic E-state index is 0.211. The Balaban J connectivity index is 1.84. The van der Waals surface area contributed by atoms with Crippen LogP contribution in [0.15, 0.2) is 11.4 Å². The molecule has 0 bridgehead atoms. The number of carbonyl (C=O) groups excluding carboxylic acids is 1. The summed E-state index contributed by atoms with van der Waals surface area (Å²) in [6, 6.07) is 2.39. The standard InChI is InChI=1S/C16H24N2OS/c1-12-13-6-10-20-14(13)5-9-18(12)15(19)16(11-17)7-3-2-4-8-16/h6,10,12H,2-5,7-9,11,17H2,1H3. The number of amides is 1. The SMILES string of the molecule is CC1c2ccsc2CCN1C(=O)C1(CN)CCCCC1. The first-order valence-corrected chi connectivity index (χ1v) is 8.63. The van der Waals surface area contributed by atoms with Crippen LogP contribution in [0.4, 0.5) is 0 Å². The number of nitrogens with zero attached hydrogens (tertiary/aromatic N) is 1. The van der Waals surface area contributed by atoms with Crippen molar-refractivity contribution in [1.82, 2.24) is 4.90 Å². The first-order valence-electron chi connectivity index (χ1n) is 7.75. The van der Waals surface area contributed by atoms with Crippen LogP contribution in [0.25, 0.3) is 0 Å². The van der Waals surface area contributed by atoms with Crippen molar-refractivity contribution >= 4 is 17.2 Å². The molecule has 3 nitrogen and oxygen atoms in total. The van der Waals surface area contributed by atoms with E-state index in [0.717, 1.165) is 38.6 Å². The zero-order valence-corrected chi connectivity index (χ0v) is 13.0. The highest BCUT2D eigenvalue weighted by atomic mass is 32.1. The molecule has 1 atom stereocenters. The zero-order chi connectivity index (χ0) is 14.2. The molecule has 2 heterocycles. The van der Waals surface area contributed by atoms with Crippen molar-refractivity contribution in [1.29, 1.82) is 0 Å². The highest BCUT2D eigenvalue weighted by Crippen LogP contribution is 2.41. The second-order valence-electron chi connectivity index (χ2n) is 6.27. The summed E-state index contributed by atoms with van der Waals surface area (Å²) in [4.78, 5) is 16.6. The number of hydrogen-bond acceptors (Lipinski definition) is 3. The number of hydrogen-bond donors (Lipinski definition) is 1. The van der Waals surface area contributed by atoms with Crippen LogP contribution in [0.2, 0.25) is 0 Å². The molecule has 4 heteroatoms. The third kappa shape index (κ3) is 2.19. The molecule has 0 saturated heterocycles. The lowest BCUT2D eigenvalue weighted by Crippen LogP contribution is -2.51. The van der Waals surface area contributed by atoms with E-state index in [1.165, 1.54) is 16.9 Å². The van der Waals surface area contributed by atoms with Crippen molar-refractivity contribution in [2.24, 2.45) is 11.1 Å². The number of thiophene rings is 1. The van der Waals surface area contributed by atoms with E-state index in [-0.39, 0.29) is 11.5 Å². The van der Waals surface area contributed by atoms with E-state index in [4.69, 9.17) is 5.73 Å². The summed E-state index contributed by atoms with van der Waals surface area (Å²) in [5, 5.41) is 2.15. The topological polar surface area (TPSA) is 46.3 Å². The van der Waals surface area contributed by atoms with Gasteiger partial charge in [-0.05, 0) is 43.2 Å². The molecule has 110 valence electrons. The van der Waals surface area contributed by atoms with Gasteiger partial charge < -0.3 is 10.6 Å². The van der Waals surface area contributed by atoms with Gasteiger partial charge in [0.25, 0.3) is 0 Å². The number of fused-ring (bicyclic) bond motifs is 1. The van der Waals surface area contributed by atoms with Crippen molar-refractivity contribution in [3.63, 3.8) is 0 Å². The van der Waals surface area contributed by atoms with Crippen molar-refractivity contribution in [2.45, 2.75) is 51.5 Å². The van der Waals surface area contributed by atoms with Gasteiger partial charge in [0.2, 0.25) is 5.91 Å². The van der Waals surface area contributed by atoms with Crippen LogP contribution in [0.5, 0.6) is 0 Å². The molecule has 20 heavy (non-hydrogen) atoms. The van der Waals surface area contributed by atoms with Gasteiger partial charge in [-0.25, -0.2) is 0 Å². The smallest absolute Gasteiger partial charge is 0.230 e. The molecular formula is C16H24N2OS. The van der Waals surface area contributed by atoms with Crippen LogP contribution in [0.3, 0.4) is 0 Å². The fourth-order valence-electron chi connectivity index (χ4n) is 3.83. The molecular weight excluding hydrogens is 268 g/mol. The number of rotatable bonds is 2. The Bertz CT molecular complexity index is 490. The van der Waals surface area contributed by atoms with E-state index < -0.39 is 0 Å². The van der Waals surface area contributed by atoms with Crippen LogP contribution in [0, 0.1) is 5.41 Å². The molecule has 1 saturated carbocycles. The third-order valence-electron chi connectivity index (χ3n) is 5.19. The Morgan fingerprint density at radius 1 is 1.45 bits per heavy atom. The molecule has 1 aromatic heterocycles. The van der Waals surface area contributed by atoms with Crippen LogP contribution in [-0.2, 0) is 11.2 Å². The summed E-state index contributed by atoms with van der Waals surface area (Å²) in [6.07, 6.45) is 6.50. The summed E-state index contributed by atoms with van der Waals surface area (Å²) in [5.74, 6) is 0.309. The molecule has 1 fully saturated rings. The molecule has 1 unspecified atom stereocenters. The Morgan fingerprint density at radius 2 is 2.20 bits per heavy atom. The summed E-state index contributed by atoms with van der Waals surface area (Å²) in [5.41, 5.74) is 7.09. The summed E-state index contributed by atoms with van der Waals surface area (Å²) >= 11 is 1.82. The second-order valence-corrected chi connectivity index (χ2v) is 7.27. The van der Waals surface area contributed by atoms with Gasteiger partial charge in [0.05, 0.1) is 11.5 Å². The second kappa shape index (κ2) is 5.49. The predicted octanol–water partition coefficient (Wildman–Crippen LogP) is 3.10. The normalized spacial score (nSPS) is 25.3. The van der Waals surface area contributed by atoms with E-state index >= 15 is 0 Å². The van der Waals surface area contributed by atoms with Gasteiger partial charge in [-0.2, -0.15) is 0 Å². The Hall–Kier alpha value is -0.870. The average molecular weight is 292 g/mol. The summed E-state index contributed by atoms with van der Waals surface area (Å²) in [7, 11) is 0. The number of nitrogens with two attached hydrogens (primary N) is 1. The minimum atomic E-state index is -0.278. The molecule has 1 aromatic rings. The first kappa shape index (κ1) is 14.1. The van der Waals surface area contributed by atoms with Gasteiger partial charge in [-0.15, -0.1) is 11.3 Å². The fourth-order valence-corrected chi connectivity index (χ4v) is 4.79. The highest BCUT2D eigenvalue weighted by molar-refractivity contribution is 7.10. The lowest BCUT2D eigenvalue weighted by molar-refractivity contribution is -0.146. The van der Waals surface area contributed by atoms with Gasteiger partial charge >= 0.3 is 0 Å². The molecule has 0 aromatic carbocycles. The van der Waals surface area contributed by atoms with Gasteiger partial charge in [-0.3, -0.25) is 4.79 Å². The average Bonchev–Trinajstić information content (AvgIpc) is 2.97. The van der Waals surface area contributed by atoms with Gasteiger partial charge in [0.1, 0.15) is 0 Å². The molecule has 2 aliphatic rings. The first-order chi connectivity index (χ1) is 9.68. The van der Waals surface area contributed by atoms with E-state index in [9.17, 15) is 4.79 Å². The summed E-state index contributed by atoms with van der Waals surface area (Å²) in [6.45, 7) is 3.52. The van der Waals surface area contributed by atoms with E-state index in [1.807, 2.05) is 11.3 Å². The Kier molecular flexibility index (Phi) is 3.87. The van der Waals surface area contributed by atoms with Crippen molar-refractivity contribution in [3.05, 3.63) is 21.9 Å². The number of carbonyl (C=O) groups is 1. The highest BCUT2D eigenvalue weighted by Gasteiger charge is 2.43. The molecule has 3 rings (SSSR count). The molecule has 1 amide bonds. The lowest BCUT2D eigenvalue weighted by Gasteiger charge is -2.43. The van der Waals surface area contributed by atoms with Crippen LogP contribution in [0.1, 0.15) is 55.5 Å². The van der Waals surface area contributed by atoms with E-state index in [2.05, 4.69) is 23.3 Å². The van der Waals surface area contributed by atoms with Gasteiger partial charge in [0, 0.05) is 18.0 Å². The van der Waals surface area contributed by atoms with Crippen molar-refractivity contribution in [3.8, 4) is 0 Å². The maximum atomic E-state index is 13.1. The fraction of sp³-hybridized carbons (Fsp3) is 0.688. The molecule has 0 spiro atoms. The monoisotopic (exact) mass is 292 g/mol. The minimum Gasteiger partial charge on any atom is -0.335 e. The largest absolute Gasteiger partial charge is 0.335 e. The van der Waals surface area contributed by atoms with Gasteiger partial charge in [-0.1, -0.05) is 19.3 Å². The molecule has 0 radical (unpaired) electrons. The van der Waals surface area contributed by atoms with Crippen LogP contribution >= 0.6 is 11.3 Å². The molecule has 1 aliphatic heterocycles. The lowest BCUT2D eigenvalue weighted by atomic mass is 9.72. The maximum Gasteiger partial charge on any atom is 0.230 e. The molecule has 2 N–H and O–H groups in total.